The van der Waals surface area contributed by atoms with E-state index in [1.165, 1.54) is 11.1 Å². The third-order valence-corrected chi connectivity index (χ3v) is 4.57. The van der Waals surface area contributed by atoms with E-state index in [0.717, 1.165) is 22.8 Å². The lowest BCUT2D eigenvalue weighted by atomic mass is 9.98. The molecule has 0 amide bonds. The highest BCUT2D eigenvalue weighted by atomic mass is 16.5. The number of hydrogen-bond donors (Lipinski definition) is 2. The Balaban J connectivity index is 1.99. The zero-order valence-electron chi connectivity index (χ0n) is 17.0. The number of rotatable bonds is 8. The first-order chi connectivity index (χ1) is 13.6. The molecule has 0 unspecified atom stereocenters. The first kappa shape index (κ1) is 19.8. The molecule has 146 valence electrons. The van der Waals surface area contributed by atoms with Crippen LogP contribution in [-0.4, -0.2) is 30.2 Å². The lowest BCUT2D eigenvalue weighted by molar-refractivity contribution is 0.210. The summed E-state index contributed by atoms with van der Waals surface area (Å²) in [6.45, 7) is 7.76. The predicted molar refractivity (Wildman–Crippen MR) is 116 cm³/mol. The van der Waals surface area contributed by atoms with Gasteiger partial charge in [0.2, 0.25) is 5.95 Å². The molecule has 5 nitrogen and oxygen atoms in total. The van der Waals surface area contributed by atoms with Gasteiger partial charge in [-0.1, -0.05) is 62.4 Å². The van der Waals surface area contributed by atoms with E-state index in [-0.39, 0.29) is 0 Å². The quantitative estimate of drug-likeness (QED) is 0.517. The van der Waals surface area contributed by atoms with E-state index in [9.17, 15) is 0 Å². The van der Waals surface area contributed by atoms with E-state index in [4.69, 9.17) is 4.74 Å². The van der Waals surface area contributed by atoms with Crippen LogP contribution in [0.3, 0.4) is 0 Å². The summed E-state index contributed by atoms with van der Waals surface area (Å²) in [5.74, 6) is 1.77. The van der Waals surface area contributed by atoms with Crippen LogP contribution < -0.4 is 10.6 Å². The fraction of sp³-hybridized carbons (Fsp3) is 0.304. The molecule has 0 saturated heterocycles. The minimum Gasteiger partial charge on any atom is -0.383 e. The van der Waals surface area contributed by atoms with Gasteiger partial charge in [-0.3, -0.25) is 0 Å². The van der Waals surface area contributed by atoms with Crippen LogP contribution in [0.4, 0.5) is 17.5 Å². The minimum absolute atomic E-state index is 0.414. The first-order valence-corrected chi connectivity index (χ1v) is 9.62. The number of para-hydroxylation sites is 1. The molecule has 0 saturated carbocycles. The third-order valence-electron chi connectivity index (χ3n) is 4.57. The SMILES string of the molecule is COCCNc1nc(Nc2c(C)cccc2C(C)C)cc(-c2ccccc2)n1. The maximum absolute atomic E-state index is 5.13. The molecule has 0 aliphatic carbocycles. The van der Waals surface area contributed by atoms with Crippen LogP contribution in [0, 0.1) is 6.92 Å². The number of methoxy groups -OCH3 is 1. The molecular weight excluding hydrogens is 348 g/mol. The average molecular weight is 377 g/mol. The highest BCUT2D eigenvalue weighted by Gasteiger charge is 2.12. The van der Waals surface area contributed by atoms with Gasteiger partial charge in [-0.2, -0.15) is 4.98 Å². The molecule has 3 rings (SSSR count). The van der Waals surface area contributed by atoms with Crippen molar-refractivity contribution in [1.29, 1.82) is 0 Å². The fourth-order valence-corrected chi connectivity index (χ4v) is 3.08. The minimum atomic E-state index is 0.414. The van der Waals surface area contributed by atoms with Gasteiger partial charge in [0, 0.05) is 31.0 Å². The number of nitrogens with zero attached hydrogens (tertiary/aromatic N) is 2. The second kappa shape index (κ2) is 9.33. The van der Waals surface area contributed by atoms with Crippen molar-refractivity contribution in [3.05, 3.63) is 65.7 Å². The molecule has 0 spiro atoms. The predicted octanol–water partition coefficient (Wildman–Crippen LogP) is 5.38. The van der Waals surface area contributed by atoms with Crippen LogP contribution in [0.5, 0.6) is 0 Å². The Morgan fingerprint density at radius 3 is 2.50 bits per heavy atom. The van der Waals surface area contributed by atoms with Crippen LogP contribution >= 0.6 is 0 Å². The number of nitrogens with one attached hydrogen (secondary N) is 2. The van der Waals surface area contributed by atoms with Crippen LogP contribution in [0.1, 0.15) is 30.9 Å². The highest BCUT2D eigenvalue weighted by molar-refractivity contribution is 5.70. The van der Waals surface area contributed by atoms with E-state index in [1.807, 2.05) is 24.3 Å². The Morgan fingerprint density at radius 1 is 1.00 bits per heavy atom. The summed E-state index contributed by atoms with van der Waals surface area (Å²) in [4.78, 5) is 9.36. The number of aryl methyl sites for hydroxylation is 1. The summed E-state index contributed by atoms with van der Waals surface area (Å²) in [6, 6.07) is 18.5. The molecule has 1 aromatic heterocycles. The fourth-order valence-electron chi connectivity index (χ4n) is 3.08. The Labute approximate surface area is 167 Å². The summed E-state index contributed by atoms with van der Waals surface area (Å²) < 4.78 is 5.13. The van der Waals surface area contributed by atoms with Crippen molar-refractivity contribution in [1.82, 2.24) is 9.97 Å². The molecule has 28 heavy (non-hydrogen) atoms. The van der Waals surface area contributed by atoms with Crippen molar-refractivity contribution in [2.75, 3.05) is 30.9 Å². The Morgan fingerprint density at radius 2 is 1.79 bits per heavy atom. The molecule has 2 N–H and O–H groups in total. The zero-order valence-corrected chi connectivity index (χ0v) is 17.0. The first-order valence-electron chi connectivity index (χ1n) is 9.62. The van der Waals surface area contributed by atoms with Gasteiger partial charge in [-0.15, -0.1) is 0 Å². The summed E-state index contributed by atoms with van der Waals surface area (Å²) in [5, 5.41) is 6.79. The number of aromatic nitrogens is 2. The van der Waals surface area contributed by atoms with Crippen LogP contribution in [-0.2, 0) is 4.74 Å². The van der Waals surface area contributed by atoms with Gasteiger partial charge in [0.05, 0.1) is 12.3 Å². The number of ether oxygens (including phenoxy) is 1. The van der Waals surface area contributed by atoms with Crippen LogP contribution in [0.2, 0.25) is 0 Å². The molecule has 0 bridgehead atoms. The number of hydrogen-bond acceptors (Lipinski definition) is 5. The largest absolute Gasteiger partial charge is 0.383 e. The molecule has 3 aromatic rings. The van der Waals surface area contributed by atoms with Crippen molar-refractivity contribution in [2.45, 2.75) is 26.7 Å². The molecule has 0 aliphatic heterocycles. The smallest absolute Gasteiger partial charge is 0.225 e. The van der Waals surface area contributed by atoms with Crippen molar-refractivity contribution < 1.29 is 4.74 Å². The van der Waals surface area contributed by atoms with Gasteiger partial charge in [0.15, 0.2) is 0 Å². The Kier molecular flexibility index (Phi) is 6.61. The highest BCUT2D eigenvalue weighted by Crippen LogP contribution is 2.31. The molecule has 0 aliphatic rings. The monoisotopic (exact) mass is 376 g/mol. The second-order valence-electron chi connectivity index (χ2n) is 7.07. The van der Waals surface area contributed by atoms with Gasteiger partial charge in [0.1, 0.15) is 5.82 Å². The standard InChI is InChI=1S/C23H28N4O/c1-16(2)19-12-8-9-17(3)22(19)26-21-15-20(18-10-6-5-7-11-18)25-23(27-21)24-13-14-28-4/h5-12,15-16H,13-14H2,1-4H3,(H2,24,25,26,27). The summed E-state index contributed by atoms with van der Waals surface area (Å²) in [5.41, 5.74) is 5.50. The van der Waals surface area contributed by atoms with Gasteiger partial charge < -0.3 is 15.4 Å². The maximum Gasteiger partial charge on any atom is 0.225 e. The molecule has 0 atom stereocenters. The zero-order chi connectivity index (χ0) is 19.9. The van der Waals surface area contributed by atoms with E-state index < -0.39 is 0 Å². The third kappa shape index (κ3) is 4.87. The van der Waals surface area contributed by atoms with Crippen molar-refractivity contribution in [3.63, 3.8) is 0 Å². The van der Waals surface area contributed by atoms with Gasteiger partial charge >= 0.3 is 0 Å². The molecule has 2 aromatic carbocycles. The van der Waals surface area contributed by atoms with Crippen LogP contribution in [0.25, 0.3) is 11.3 Å². The average Bonchev–Trinajstić information content (AvgIpc) is 2.70. The molecule has 0 fully saturated rings. The second-order valence-corrected chi connectivity index (χ2v) is 7.07. The van der Waals surface area contributed by atoms with Crippen molar-refractivity contribution in [2.24, 2.45) is 0 Å². The van der Waals surface area contributed by atoms with E-state index in [0.29, 0.717) is 25.0 Å². The van der Waals surface area contributed by atoms with Gasteiger partial charge in [-0.05, 0) is 24.0 Å². The molecule has 0 radical (unpaired) electrons. The summed E-state index contributed by atoms with van der Waals surface area (Å²) in [6.07, 6.45) is 0. The lowest BCUT2D eigenvalue weighted by Gasteiger charge is -2.18. The maximum atomic E-state index is 5.13. The lowest BCUT2D eigenvalue weighted by Crippen LogP contribution is -2.11. The molecule has 1 heterocycles. The normalized spacial score (nSPS) is 10.9. The van der Waals surface area contributed by atoms with Crippen molar-refractivity contribution in [3.8, 4) is 11.3 Å². The topological polar surface area (TPSA) is 59.1 Å². The van der Waals surface area contributed by atoms with Gasteiger partial charge in [-0.25, -0.2) is 4.98 Å². The molecule has 5 heteroatoms. The summed E-state index contributed by atoms with van der Waals surface area (Å²) >= 11 is 0. The van der Waals surface area contributed by atoms with Crippen LogP contribution in [0.15, 0.2) is 54.6 Å². The molecular formula is C23H28N4O. The van der Waals surface area contributed by atoms with Gasteiger partial charge in [0.25, 0.3) is 0 Å². The number of anilines is 3. The van der Waals surface area contributed by atoms with Crippen molar-refractivity contribution >= 4 is 17.5 Å². The Hall–Kier alpha value is -2.92. The summed E-state index contributed by atoms with van der Waals surface area (Å²) in [7, 11) is 1.68. The Bertz CT molecular complexity index is 910. The van der Waals surface area contributed by atoms with E-state index >= 15 is 0 Å². The number of benzene rings is 2. The van der Waals surface area contributed by atoms with E-state index in [1.54, 1.807) is 7.11 Å². The van der Waals surface area contributed by atoms with E-state index in [2.05, 4.69) is 71.7 Å².